The highest BCUT2D eigenvalue weighted by Gasteiger charge is 2.23. The van der Waals surface area contributed by atoms with Crippen LogP contribution in [0.4, 0.5) is 0 Å². The van der Waals surface area contributed by atoms with Crippen molar-refractivity contribution < 1.29 is 4.74 Å². The van der Waals surface area contributed by atoms with Crippen LogP contribution in [0.3, 0.4) is 0 Å². The van der Waals surface area contributed by atoms with Crippen molar-refractivity contribution in [3.05, 3.63) is 59.9 Å². The summed E-state index contributed by atoms with van der Waals surface area (Å²) < 4.78 is 5.85. The number of hydrazine groups is 1. The maximum atomic E-state index is 5.85. The van der Waals surface area contributed by atoms with E-state index >= 15 is 0 Å². The zero-order valence-electron chi connectivity index (χ0n) is 12.0. The minimum absolute atomic E-state index is 0.126. The topological polar surface area (TPSA) is 60.2 Å². The Balaban J connectivity index is 1.64. The Hall–Kier alpha value is -1.91. The molecule has 3 rings (SSSR count). The summed E-state index contributed by atoms with van der Waals surface area (Å²) in [6.07, 6.45) is 8.31. The first-order valence-electron chi connectivity index (χ1n) is 7.47. The van der Waals surface area contributed by atoms with E-state index in [0.29, 0.717) is 6.10 Å². The molecular weight excluding hydrogens is 262 g/mol. The second-order valence-electron chi connectivity index (χ2n) is 5.50. The third-order valence-corrected chi connectivity index (χ3v) is 3.76. The molecule has 0 spiro atoms. The van der Waals surface area contributed by atoms with E-state index in [4.69, 9.17) is 10.6 Å². The third-order valence-electron chi connectivity index (χ3n) is 3.76. The van der Waals surface area contributed by atoms with Crippen molar-refractivity contribution in [2.45, 2.75) is 37.8 Å². The molecule has 4 nitrogen and oxygen atoms in total. The maximum Gasteiger partial charge on any atom is 0.120 e. The highest BCUT2D eigenvalue weighted by atomic mass is 16.5. The quantitative estimate of drug-likeness (QED) is 0.606. The lowest BCUT2D eigenvalue weighted by Gasteiger charge is -2.17. The molecule has 2 aromatic rings. The van der Waals surface area contributed by atoms with E-state index in [1.165, 1.54) is 24.0 Å². The van der Waals surface area contributed by atoms with Crippen molar-refractivity contribution in [2.24, 2.45) is 5.84 Å². The molecule has 3 N–H and O–H groups in total. The number of nitrogens with two attached hydrogens (primary N) is 1. The average molecular weight is 283 g/mol. The molecule has 0 saturated heterocycles. The molecule has 1 saturated carbocycles. The van der Waals surface area contributed by atoms with Gasteiger partial charge in [0, 0.05) is 18.4 Å². The lowest BCUT2D eigenvalue weighted by Crippen LogP contribution is -2.28. The fourth-order valence-corrected chi connectivity index (χ4v) is 2.39. The van der Waals surface area contributed by atoms with Crippen molar-refractivity contribution in [1.82, 2.24) is 10.4 Å². The van der Waals surface area contributed by atoms with Gasteiger partial charge in [-0.3, -0.25) is 16.3 Å². The molecule has 0 bridgehead atoms. The summed E-state index contributed by atoms with van der Waals surface area (Å²) in [4.78, 5) is 4.04. The van der Waals surface area contributed by atoms with Gasteiger partial charge in [0.1, 0.15) is 5.75 Å². The Morgan fingerprint density at radius 1 is 1.24 bits per heavy atom. The van der Waals surface area contributed by atoms with Gasteiger partial charge in [-0.15, -0.1) is 0 Å². The zero-order chi connectivity index (χ0) is 14.5. The summed E-state index contributed by atoms with van der Waals surface area (Å²) in [5.74, 6) is 6.67. The maximum absolute atomic E-state index is 5.85. The smallest absolute Gasteiger partial charge is 0.120 e. The summed E-state index contributed by atoms with van der Waals surface area (Å²) in [6, 6.07) is 12.4. The minimum Gasteiger partial charge on any atom is -0.490 e. The van der Waals surface area contributed by atoms with Crippen LogP contribution in [0.2, 0.25) is 0 Å². The molecule has 0 aliphatic heterocycles. The van der Waals surface area contributed by atoms with Crippen LogP contribution in [0.5, 0.6) is 5.75 Å². The second kappa shape index (κ2) is 6.70. The fourth-order valence-electron chi connectivity index (χ4n) is 2.39. The lowest BCUT2D eigenvalue weighted by molar-refractivity contribution is 0.302. The molecule has 0 radical (unpaired) electrons. The normalized spacial score (nSPS) is 15.7. The number of pyridine rings is 1. The molecule has 1 aliphatic rings. The molecule has 1 unspecified atom stereocenters. The third kappa shape index (κ3) is 4.03. The summed E-state index contributed by atoms with van der Waals surface area (Å²) in [5.41, 5.74) is 5.36. The van der Waals surface area contributed by atoms with E-state index in [0.717, 1.165) is 18.6 Å². The Morgan fingerprint density at radius 3 is 2.76 bits per heavy atom. The van der Waals surface area contributed by atoms with E-state index in [2.05, 4.69) is 22.5 Å². The number of rotatable bonds is 7. The SMILES string of the molecule is NNC(CCc1ccncc1)c1cccc(OC2CC2)c1. The molecule has 1 atom stereocenters. The van der Waals surface area contributed by atoms with E-state index in [-0.39, 0.29) is 6.04 Å². The van der Waals surface area contributed by atoms with Crippen LogP contribution in [0, 0.1) is 0 Å². The Labute approximate surface area is 125 Å². The minimum atomic E-state index is 0.126. The van der Waals surface area contributed by atoms with E-state index in [1.807, 2.05) is 36.7 Å². The summed E-state index contributed by atoms with van der Waals surface area (Å²) in [7, 11) is 0. The standard InChI is InChI=1S/C17H21N3O/c18-20-17(7-4-13-8-10-19-11-9-13)14-2-1-3-16(12-14)21-15-5-6-15/h1-3,8-12,15,17,20H,4-7,18H2. The van der Waals surface area contributed by atoms with Gasteiger partial charge in [0.05, 0.1) is 6.10 Å². The molecular formula is C17H21N3O. The summed E-state index contributed by atoms with van der Waals surface area (Å²) >= 11 is 0. The van der Waals surface area contributed by atoms with Gasteiger partial charge in [-0.1, -0.05) is 12.1 Å². The van der Waals surface area contributed by atoms with Crippen LogP contribution in [-0.2, 0) is 6.42 Å². The van der Waals surface area contributed by atoms with Crippen LogP contribution in [0.15, 0.2) is 48.8 Å². The largest absolute Gasteiger partial charge is 0.490 e. The molecule has 1 aromatic carbocycles. The van der Waals surface area contributed by atoms with Crippen LogP contribution in [-0.4, -0.2) is 11.1 Å². The van der Waals surface area contributed by atoms with Gasteiger partial charge in [-0.05, 0) is 61.1 Å². The first-order chi connectivity index (χ1) is 10.3. The van der Waals surface area contributed by atoms with Crippen molar-refractivity contribution in [3.63, 3.8) is 0 Å². The predicted molar refractivity (Wildman–Crippen MR) is 82.7 cm³/mol. The number of hydrogen-bond acceptors (Lipinski definition) is 4. The lowest BCUT2D eigenvalue weighted by atomic mass is 10.00. The highest BCUT2D eigenvalue weighted by Crippen LogP contribution is 2.29. The molecule has 1 aromatic heterocycles. The predicted octanol–water partition coefficient (Wildman–Crippen LogP) is 2.76. The van der Waals surface area contributed by atoms with Crippen molar-refractivity contribution >= 4 is 0 Å². The Morgan fingerprint density at radius 2 is 2.05 bits per heavy atom. The van der Waals surface area contributed by atoms with Gasteiger partial charge in [0.2, 0.25) is 0 Å². The first-order valence-corrected chi connectivity index (χ1v) is 7.47. The number of ether oxygens (including phenoxy) is 1. The van der Waals surface area contributed by atoms with Crippen molar-refractivity contribution in [3.8, 4) is 5.75 Å². The molecule has 0 amide bonds. The monoisotopic (exact) mass is 283 g/mol. The molecule has 1 heterocycles. The molecule has 1 aliphatic carbocycles. The number of benzene rings is 1. The van der Waals surface area contributed by atoms with Gasteiger partial charge >= 0.3 is 0 Å². The molecule has 21 heavy (non-hydrogen) atoms. The fraction of sp³-hybridized carbons (Fsp3) is 0.353. The van der Waals surface area contributed by atoms with Crippen LogP contribution in [0.1, 0.15) is 36.4 Å². The van der Waals surface area contributed by atoms with Gasteiger partial charge in [0.25, 0.3) is 0 Å². The Bertz CT molecular complexity index is 569. The van der Waals surface area contributed by atoms with Crippen LogP contribution in [0.25, 0.3) is 0 Å². The molecule has 4 heteroatoms. The van der Waals surface area contributed by atoms with Crippen molar-refractivity contribution in [1.29, 1.82) is 0 Å². The number of nitrogens with one attached hydrogen (secondary N) is 1. The summed E-state index contributed by atoms with van der Waals surface area (Å²) in [6.45, 7) is 0. The zero-order valence-corrected chi connectivity index (χ0v) is 12.0. The van der Waals surface area contributed by atoms with Gasteiger partial charge in [0.15, 0.2) is 0 Å². The van der Waals surface area contributed by atoms with E-state index in [9.17, 15) is 0 Å². The van der Waals surface area contributed by atoms with Crippen molar-refractivity contribution in [2.75, 3.05) is 0 Å². The summed E-state index contributed by atoms with van der Waals surface area (Å²) in [5, 5.41) is 0. The van der Waals surface area contributed by atoms with Crippen LogP contribution < -0.4 is 16.0 Å². The number of hydrogen-bond donors (Lipinski definition) is 2. The molecule has 1 fully saturated rings. The number of nitrogens with zero attached hydrogens (tertiary/aromatic N) is 1. The number of aryl methyl sites for hydroxylation is 1. The number of aromatic nitrogens is 1. The Kier molecular flexibility index (Phi) is 4.48. The second-order valence-corrected chi connectivity index (χ2v) is 5.50. The highest BCUT2D eigenvalue weighted by molar-refractivity contribution is 5.31. The van der Waals surface area contributed by atoms with Gasteiger partial charge in [-0.25, -0.2) is 0 Å². The van der Waals surface area contributed by atoms with E-state index < -0.39 is 0 Å². The van der Waals surface area contributed by atoms with Crippen LogP contribution >= 0.6 is 0 Å². The van der Waals surface area contributed by atoms with Gasteiger partial charge in [-0.2, -0.15) is 0 Å². The first kappa shape index (κ1) is 14.0. The average Bonchev–Trinajstić information content (AvgIpc) is 3.33. The van der Waals surface area contributed by atoms with E-state index in [1.54, 1.807) is 0 Å². The molecule has 110 valence electrons. The van der Waals surface area contributed by atoms with Gasteiger partial charge < -0.3 is 4.74 Å².